The fourth-order valence-electron chi connectivity index (χ4n) is 1.63. The summed E-state index contributed by atoms with van der Waals surface area (Å²) in [5.74, 6) is 0.0306. The molecule has 1 aromatic heterocycles. The Morgan fingerprint density at radius 3 is 2.82 bits per heavy atom. The van der Waals surface area contributed by atoms with Crippen LogP contribution in [0.4, 0.5) is 5.69 Å². The van der Waals surface area contributed by atoms with Crippen molar-refractivity contribution in [3.8, 4) is 0 Å². The van der Waals surface area contributed by atoms with E-state index in [2.05, 4.69) is 24.1 Å². The maximum atomic E-state index is 11.7. The van der Waals surface area contributed by atoms with E-state index in [-0.39, 0.29) is 11.3 Å². The van der Waals surface area contributed by atoms with E-state index in [0.717, 1.165) is 18.5 Å². The monoisotopic (exact) mass is 235 g/mol. The maximum absolute atomic E-state index is 11.7. The van der Waals surface area contributed by atoms with E-state index >= 15 is 0 Å². The molecule has 0 spiro atoms. The second-order valence-electron chi connectivity index (χ2n) is 4.99. The van der Waals surface area contributed by atoms with Gasteiger partial charge in [0.1, 0.15) is 0 Å². The second-order valence-corrected chi connectivity index (χ2v) is 4.99. The normalized spacial score (nSPS) is 11.2. The zero-order valence-corrected chi connectivity index (χ0v) is 10.6. The van der Waals surface area contributed by atoms with Gasteiger partial charge in [-0.25, -0.2) is 0 Å². The van der Waals surface area contributed by atoms with Crippen molar-refractivity contribution < 1.29 is 4.79 Å². The fourth-order valence-corrected chi connectivity index (χ4v) is 1.63. The summed E-state index contributed by atoms with van der Waals surface area (Å²) in [7, 11) is 0. The molecule has 3 N–H and O–H groups in total. The fraction of sp³-hybridized carbons (Fsp3) is 0.538. The molecule has 1 rings (SSSR count). The molecule has 0 saturated heterocycles. The Bertz CT molecular complexity index is 349. The molecular formula is C13H21N3O. The van der Waals surface area contributed by atoms with Gasteiger partial charge in [-0.15, -0.1) is 0 Å². The summed E-state index contributed by atoms with van der Waals surface area (Å²) in [4.78, 5) is 15.6. The first-order valence-electron chi connectivity index (χ1n) is 5.93. The lowest BCUT2D eigenvalue weighted by molar-refractivity contribution is -0.116. The van der Waals surface area contributed by atoms with Gasteiger partial charge in [-0.2, -0.15) is 0 Å². The van der Waals surface area contributed by atoms with Crippen molar-refractivity contribution in [1.82, 2.24) is 4.98 Å². The number of hydrogen-bond acceptors (Lipinski definition) is 3. The predicted molar refractivity (Wildman–Crippen MR) is 69.6 cm³/mol. The molecule has 17 heavy (non-hydrogen) atoms. The van der Waals surface area contributed by atoms with E-state index in [1.807, 2.05) is 6.07 Å². The number of hydrogen-bond donors (Lipinski definition) is 2. The van der Waals surface area contributed by atoms with Gasteiger partial charge in [0.15, 0.2) is 0 Å². The predicted octanol–water partition coefficient (Wildman–Crippen LogP) is 2.18. The highest BCUT2D eigenvalue weighted by Crippen LogP contribution is 2.25. The molecule has 1 amide bonds. The second kappa shape index (κ2) is 6.35. The number of aromatic nitrogens is 1. The summed E-state index contributed by atoms with van der Waals surface area (Å²) in [5, 5.41) is 2.82. The smallest absolute Gasteiger partial charge is 0.224 e. The van der Waals surface area contributed by atoms with E-state index < -0.39 is 0 Å². The molecule has 0 fully saturated rings. The minimum Gasteiger partial charge on any atom is -0.330 e. The molecular weight excluding hydrogens is 214 g/mol. The van der Waals surface area contributed by atoms with Crippen molar-refractivity contribution in [2.24, 2.45) is 11.1 Å². The Labute approximate surface area is 103 Å². The SMILES string of the molecule is CC(C)(CCN)CCC(=O)Nc1cccnc1. The average molecular weight is 235 g/mol. The third-order valence-electron chi connectivity index (χ3n) is 2.80. The van der Waals surface area contributed by atoms with Gasteiger partial charge in [0.25, 0.3) is 0 Å². The Balaban J connectivity index is 2.36. The summed E-state index contributed by atoms with van der Waals surface area (Å²) in [5.41, 5.74) is 6.41. The van der Waals surface area contributed by atoms with E-state index in [1.54, 1.807) is 18.5 Å². The molecule has 0 aromatic carbocycles. The molecule has 0 aliphatic heterocycles. The van der Waals surface area contributed by atoms with Crippen molar-refractivity contribution in [3.05, 3.63) is 24.5 Å². The average Bonchev–Trinajstić information content (AvgIpc) is 2.28. The van der Waals surface area contributed by atoms with Crippen molar-refractivity contribution in [2.45, 2.75) is 33.1 Å². The van der Waals surface area contributed by atoms with Crippen LogP contribution in [0.25, 0.3) is 0 Å². The van der Waals surface area contributed by atoms with Crippen molar-refractivity contribution in [2.75, 3.05) is 11.9 Å². The van der Waals surface area contributed by atoms with E-state index in [9.17, 15) is 4.79 Å². The number of rotatable bonds is 6. The van der Waals surface area contributed by atoms with Gasteiger partial charge >= 0.3 is 0 Å². The van der Waals surface area contributed by atoms with Crippen LogP contribution in [-0.4, -0.2) is 17.4 Å². The number of amides is 1. The van der Waals surface area contributed by atoms with Crippen LogP contribution in [0, 0.1) is 5.41 Å². The summed E-state index contributed by atoms with van der Waals surface area (Å²) in [6.07, 6.45) is 5.62. The molecule has 0 aliphatic carbocycles. The number of pyridine rings is 1. The number of nitrogens with one attached hydrogen (secondary N) is 1. The lowest BCUT2D eigenvalue weighted by atomic mass is 9.84. The molecule has 0 unspecified atom stereocenters. The highest BCUT2D eigenvalue weighted by Gasteiger charge is 2.18. The van der Waals surface area contributed by atoms with Crippen LogP contribution >= 0.6 is 0 Å². The van der Waals surface area contributed by atoms with Crippen LogP contribution in [0.3, 0.4) is 0 Å². The first-order valence-corrected chi connectivity index (χ1v) is 5.93. The molecule has 0 bridgehead atoms. The largest absolute Gasteiger partial charge is 0.330 e. The van der Waals surface area contributed by atoms with Crippen molar-refractivity contribution in [1.29, 1.82) is 0 Å². The van der Waals surface area contributed by atoms with Crippen LogP contribution in [-0.2, 0) is 4.79 Å². The molecule has 0 aliphatic rings. The lowest BCUT2D eigenvalue weighted by Gasteiger charge is -2.23. The van der Waals surface area contributed by atoms with E-state index in [1.165, 1.54) is 0 Å². The van der Waals surface area contributed by atoms with Crippen LogP contribution in [0.1, 0.15) is 33.1 Å². The van der Waals surface area contributed by atoms with Gasteiger partial charge in [0, 0.05) is 12.6 Å². The lowest BCUT2D eigenvalue weighted by Crippen LogP contribution is -2.20. The minimum absolute atomic E-state index is 0.0306. The molecule has 0 saturated carbocycles. The highest BCUT2D eigenvalue weighted by atomic mass is 16.1. The van der Waals surface area contributed by atoms with Gasteiger partial charge in [0.05, 0.1) is 11.9 Å². The zero-order valence-electron chi connectivity index (χ0n) is 10.6. The summed E-state index contributed by atoms with van der Waals surface area (Å²) < 4.78 is 0. The number of carbonyl (C=O) groups is 1. The van der Waals surface area contributed by atoms with E-state index in [4.69, 9.17) is 5.73 Å². The third kappa shape index (κ3) is 5.45. The maximum Gasteiger partial charge on any atom is 0.224 e. The van der Waals surface area contributed by atoms with Gasteiger partial charge in [-0.1, -0.05) is 13.8 Å². The van der Waals surface area contributed by atoms with Crippen LogP contribution in [0.5, 0.6) is 0 Å². The molecule has 94 valence electrons. The van der Waals surface area contributed by atoms with Gasteiger partial charge in [-0.3, -0.25) is 9.78 Å². The van der Waals surface area contributed by atoms with Crippen LogP contribution < -0.4 is 11.1 Å². The Kier molecular flexibility index (Phi) is 5.10. The Morgan fingerprint density at radius 1 is 1.47 bits per heavy atom. The number of nitrogens with zero attached hydrogens (tertiary/aromatic N) is 1. The minimum atomic E-state index is 0.0306. The van der Waals surface area contributed by atoms with Crippen molar-refractivity contribution >= 4 is 11.6 Å². The summed E-state index contributed by atoms with van der Waals surface area (Å²) >= 11 is 0. The number of anilines is 1. The molecule has 4 heteroatoms. The first-order chi connectivity index (χ1) is 8.03. The summed E-state index contributed by atoms with van der Waals surface area (Å²) in [6, 6.07) is 3.63. The number of nitrogens with two attached hydrogens (primary N) is 1. The zero-order chi connectivity index (χ0) is 12.7. The van der Waals surface area contributed by atoms with Gasteiger partial charge < -0.3 is 11.1 Å². The standard InChI is InChI=1S/C13H21N3O/c1-13(2,7-8-14)6-5-12(17)16-11-4-3-9-15-10-11/h3-4,9-10H,5-8,14H2,1-2H3,(H,16,17). The highest BCUT2D eigenvalue weighted by molar-refractivity contribution is 5.90. The third-order valence-corrected chi connectivity index (χ3v) is 2.80. The Morgan fingerprint density at radius 2 is 2.24 bits per heavy atom. The molecule has 0 atom stereocenters. The Hall–Kier alpha value is -1.42. The molecule has 1 heterocycles. The van der Waals surface area contributed by atoms with Gasteiger partial charge in [0.2, 0.25) is 5.91 Å². The van der Waals surface area contributed by atoms with E-state index in [0.29, 0.717) is 13.0 Å². The molecule has 0 radical (unpaired) electrons. The molecule has 1 aromatic rings. The summed E-state index contributed by atoms with van der Waals surface area (Å²) in [6.45, 7) is 4.94. The van der Waals surface area contributed by atoms with Crippen LogP contribution in [0.2, 0.25) is 0 Å². The topological polar surface area (TPSA) is 68.0 Å². The quantitative estimate of drug-likeness (QED) is 0.794. The first kappa shape index (κ1) is 13.6. The number of carbonyl (C=O) groups excluding carboxylic acids is 1. The van der Waals surface area contributed by atoms with Crippen molar-refractivity contribution in [3.63, 3.8) is 0 Å². The molecule has 4 nitrogen and oxygen atoms in total. The van der Waals surface area contributed by atoms with Gasteiger partial charge in [-0.05, 0) is 36.9 Å². The van der Waals surface area contributed by atoms with Crippen LogP contribution in [0.15, 0.2) is 24.5 Å².